The molecule has 0 aliphatic carbocycles. The average molecular weight is 367 g/mol. The molecule has 1 heterocycles. The molecular formula is C20H34N2O4. The van der Waals surface area contributed by atoms with Crippen LogP contribution in [0.4, 0.5) is 4.79 Å². The van der Waals surface area contributed by atoms with Gasteiger partial charge in [-0.15, -0.1) is 0 Å². The maximum Gasteiger partial charge on any atom is 0.407 e. The van der Waals surface area contributed by atoms with Gasteiger partial charge in [0, 0.05) is 18.0 Å². The van der Waals surface area contributed by atoms with Crippen LogP contribution in [-0.2, 0) is 17.6 Å². The molecule has 1 rings (SSSR count). The summed E-state index contributed by atoms with van der Waals surface area (Å²) in [6.45, 7) is 9.59. The van der Waals surface area contributed by atoms with Gasteiger partial charge >= 0.3 is 6.09 Å². The van der Waals surface area contributed by atoms with Crippen molar-refractivity contribution in [1.29, 1.82) is 0 Å². The summed E-state index contributed by atoms with van der Waals surface area (Å²) in [5.41, 5.74) is 0.810. The average Bonchev–Trinajstić information content (AvgIpc) is 2.54. The van der Waals surface area contributed by atoms with Crippen molar-refractivity contribution < 1.29 is 14.3 Å². The molecule has 148 valence electrons. The van der Waals surface area contributed by atoms with Gasteiger partial charge in [-0.1, -0.05) is 26.7 Å². The molecule has 1 aromatic heterocycles. The van der Waals surface area contributed by atoms with Gasteiger partial charge in [0.2, 0.25) is 0 Å². The predicted molar refractivity (Wildman–Crippen MR) is 104 cm³/mol. The van der Waals surface area contributed by atoms with E-state index in [-0.39, 0.29) is 11.6 Å². The number of unbranched alkanes of at least 4 members (excludes halogenated alkanes) is 2. The van der Waals surface area contributed by atoms with Crippen LogP contribution in [0.3, 0.4) is 0 Å². The quantitative estimate of drug-likeness (QED) is 0.648. The highest BCUT2D eigenvalue weighted by molar-refractivity contribution is 5.68. The van der Waals surface area contributed by atoms with Crippen molar-refractivity contribution >= 4 is 6.09 Å². The first-order valence-electron chi connectivity index (χ1n) is 9.48. The zero-order valence-corrected chi connectivity index (χ0v) is 17.0. The van der Waals surface area contributed by atoms with Crippen LogP contribution >= 0.6 is 0 Å². The summed E-state index contributed by atoms with van der Waals surface area (Å²) in [6.07, 6.45) is 4.67. The van der Waals surface area contributed by atoms with Crippen LogP contribution in [0.2, 0.25) is 0 Å². The minimum absolute atomic E-state index is 0.0796. The molecule has 26 heavy (non-hydrogen) atoms. The molecule has 1 aromatic rings. The van der Waals surface area contributed by atoms with Gasteiger partial charge in [0.1, 0.15) is 11.4 Å². The Morgan fingerprint density at radius 3 is 2.50 bits per heavy atom. The lowest BCUT2D eigenvalue weighted by molar-refractivity contribution is 0.0502. The summed E-state index contributed by atoms with van der Waals surface area (Å²) in [5, 5.41) is 2.86. The summed E-state index contributed by atoms with van der Waals surface area (Å²) < 4.78 is 10.8. The highest BCUT2D eigenvalue weighted by atomic mass is 16.6. The van der Waals surface area contributed by atoms with Crippen molar-refractivity contribution in [2.75, 3.05) is 7.11 Å². The molecule has 0 fully saturated rings. The van der Waals surface area contributed by atoms with Crippen LogP contribution in [0.1, 0.15) is 71.6 Å². The van der Waals surface area contributed by atoms with Crippen molar-refractivity contribution in [3.05, 3.63) is 27.7 Å². The number of hydrogen-bond acceptors (Lipinski definition) is 4. The van der Waals surface area contributed by atoms with Gasteiger partial charge in [0.05, 0.1) is 12.8 Å². The van der Waals surface area contributed by atoms with E-state index in [1.165, 1.54) is 0 Å². The number of methoxy groups -OCH3 is 1. The number of aromatic amines is 1. The van der Waals surface area contributed by atoms with E-state index >= 15 is 0 Å². The standard InChI is InChI=1S/C20H34N2O4/c1-7-9-10-11-14-12-17(25-6)16(22-18(14)23)13-15(8-2)21-19(24)26-20(3,4)5/h12,15H,7-11,13H2,1-6H3,(H,21,24)(H,22,23). The molecule has 6 heteroatoms. The molecular weight excluding hydrogens is 332 g/mol. The zero-order chi connectivity index (χ0) is 19.7. The summed E-state index contributed by atoms with van der Waals surface area (Å²) in [6, 6.07) is 1.67. The van der Waals surface area contributed by atoms with Crippen molar-refractivity contribution in [1.82, 2.24) is 10.3 Å². The lowest BCUT2D eigenvalue weighted by Crippen LogP contribution is -2.40. The van der Waals surface area contributed by atoms with E-state index in [9.17, 15) is 9.59 Å². The van der Waals surface area contributed by atoms with Crippen molar-refractivity contribution in [3.8, 4) is 5.75 Å². The lowest BCUT2D eigenvalue weighted by Gasteiger charge is -2.23. The number of alkyl carbamates (subject to hydrolysis) is 1. The van der Waals surface area contributed by atoms with Gasteiger partial charge in [-0.25, -0.2) is 4.79 Å². The SMILES string of the molecule is CCCCCc1cc(OC)c(CC(CC)NC(=O)OC(C)(C)C)[nH]c1=O. The third kappa shape index (κ3) is 7.50. The number of aromatic nitrogens is 1. The van der Waals surface area contributed by atoms with Gasteiger partial charge in [-0.05, 0) is 46.1 Å². The molecule has 1 amide bonds. The molecule has 1 unspecified atom stereocenters. The van der Waals surface area contributed by atoms with Gasteiger partial charge in [0.15, 0.2) is 0 Å². The summed E-state index contributed by atoms with van der Waals surface area (Å²) in [7, 11) is 1.59. The Hall–Kier alpha value is -1.98. The Morgan fingerprint density at radius 2 is 1.96 bits per heavy atom. The third-order valence-corrected chi connectivity index (χ3v) is 4.09. The fourth-order valence-corrected chi connectivity index (χ4v) is 2.69. The molecule has 0 aliphatic rings. The van der Waals surface area contributed by atoms with Gasteiger partial charge < -0.3 is 19.8 Å². The van der Waals surface area contributed by atoms with Crippen LogP contribution in [0.25, 0.3) is 0 Å². The molecule has 6 nitrogen and oxygen atoms in total. The molecule has 0 spiro atoms. The van der Waals surface area contributed by atoms with E-state index < -0.39 is 11.7 Å². The van der Waals surface area contributed by atoms with Gasteiger partial charge in [-0.3, -0.25) is 4.79 Å². The number of H-pyrrole nitrogens is 1. The largest absolute Gasteiger partial charge is 0.495 e. The lowest BCUT2D eigenvalue weighted by atomic mass is 10.0. The predicted octanol–water partition coefficient (Wildman–Crippen LogP) is 3.96. The number of rotatable bonds is 9. The zero-order valence-electron chi connectivity index (χ0n) is 17.0. The molecule has 0 bridgehead atoms. The molecule has 1 atom stereocenters. The number of hydrogen-bond donors (Lipinski definition) is 2. The van der Waals surface area contributed by atoms with Crippen molar-refractivity contribution in [3.63, 3.8) is 0 Å². The number of carbonyl (C=O) groups is 1. The molecule has 0 aliphatic heterocycles. The van der Waals surface area contributed by atoms with E-state index in [0.29, 0.717) is 24.3 Å². The Labute approximate surface area is 156 Å². The second kappa shape index (κ2) is 10.2. The van der Waals surface area contributed by atoms with Crippen LogP contribution in [0.15, 0.2) is 10.9 Å². The number of pyridine rings is 1. The minimum atomic E-state index is -0.547. The molecule has 0 saturated heterocycles. The number of aryl methyl sites for hydroxylation is 1. The van der Waals surface area contributed by atoms with E-state index in [1.54, 1.807) is 7.11 Å². The maximum atomic E-state index is 12.4. The Kier molecular flexibility index (Phi) is 8.69. The summed E-state index contributed by atoms with van der Waals surface area (Å²) in [5.74, 6) is 0.653. The van der Waals surface area contributed by atoms with E-state index in [0.717, 1.165) is 31.2 Å². The fraction of sp³-hybridized carbons (Fsp3) is 0.700. The van der Waals surface area contributed by atoms with Crippen molar-refractivity contribution in [2.24, 2.45) is 0 Å². The number of nitrogens with one attached hydrogen (secondary N) is 2. The van der Waals surface area contributed by atoms with Crippen LogP contribution in [0.5, 0.6) is 5.75 Å². The topological polar surface area (TPSA) is 80.4 Å². The Balaban J connectivity index is 2.87. The first kappa shape index (κ1) is 22.1. The van der Waals surface area contributed by atoms with E-state index in [4.69, 9.17) is 9.47 Å². The Bertz CT molecular complexity index is 632. The number of ether oxygens (including phenoxy) is 2. The second-order valence-corrected chi connectivity index (χ2v) is 7.58. The normalized spacial score (nSPS) is 12.5. The highest BCUT2D eigenvalue weighted by Gasteiger charge is 2.20. The highest BCUT2D eigenvalue weighted by Crippen LogP contribution is 2.19. The molecule has 0 radical (unpaired) electrons. The van der Waals surface area contributed by atoms with Crippen LogP contribution < -0.4 is 15.6 Å². The number of carbonyl (C=O) groups excluding carboxylic acids is 1. The molecule has 0 aromatic carbocycles. The maximum absolute atomic E-state index is 12.4. The smallest absolute Gasteiger partial charge is 0.407 e. The van der Waals surface area contributed by atoms with Crippen molar-refractivity contribution in [2.45, 2.75) is 84.8 Å². The fourth-order valence-electron chi connectivity index (χ4n) is 2.69. The molecule has 0 saturated carbocycles. The van der Waals surface area contributed by atoms with Gasteiger partial charge in [-0.2, -0.15) is 0 Å². The Morgan fingerprint density at radius 1 is 1.27 bits per heavy atom. The number of amides is 1. The first-order chi connectivity index (χ1) is 12.2. The van der Waals surface area contributed by atoms with E-state index in [2.05, 4.69) is 17.2 Å². The first-order valence-corrected chi connectivity index (χ1v) is 9.48. The van der Waals surface area contributed by atoms with Crippen LogP contribution in [0, 0.1) is 0 Å². The minimum Gasteiger partial charge on any atom is -0.495 e. The third-order valence-electron chi connectivity index (χ3n) is 4.09. The monoisotopic (exact) mass is 366 g/mol. The summed E-state index contributed by atoms with van der Waals surface area (Å²) >= 11 is 0. The van der Waals surface area contributed by atoms with Crippen LogP contribution in [-0.4, -0.2) is 29.8 Å². The van der Waals surface area contributed by atoms with E-state index in [1.807, 2.05) is 33.8 Å². The second-order valence-electron chi connectivity index (χ2n) is 7.58. The van der Waals surface area contributed by atoms with Gasteiger partial charge in [0.25, 0.3) is 5.56 Å². The summed E-state index contributed by atoms with van der Waals surface area (Å²) in [4.78, 5) is 27.3. The molecule has 2 N–H and O–H groups in total.